The molecule has 720 valence electrons. The third-order valence-corrected chi connectivity index (χ3v) is 24.3. The number of nitrogens with zero attached hydrogens (tertiary/aromatic N) is 4. The van der Waals surface area contributed by atoms with Gasteiger partial charge in [0, 0.05) is 67.5 Å². The van der Waals surface area contributed by atoms with Crippen molar-refractivity contribution in [3.63, 3.8) is 0 Å². The van der Waals surface area contributed by atoms with E-state index in [0.717, 1.165) is 49.3 Å². The van der Waals surface area contributed by atoms with Gasteiger partial charge in [0.25, 0.3) is 23.6 Å². The molecule has 3 aromatic carbocycles. The number of carbonyl (C=O) groups excluding carboxylic acids is 12. The predicted octanol–water partition coefficient (Wildman–Crippen LogP) is 4.10. The molecule has 0 bridgehead atoms. The van der Waals surface area contributed by atoms with E-state index < -0.39 is 343 Å². The number of likely N-dealkylation sites (N-methyl/N-ethyl adjacent to an activating group) is 1. The number of cyclic esters (lactones) is 1. The molecule has 3 saturated heterocycles. The summed E-state index contributed by atoms with van der Waals surface area (Å²) in [5.74, 6) is -52.8. The van der Waals surface area contributed by atoms with Crippen molar-refractivity contribution >= 4 is 70.9 Å². The highest BCUT2D eigenvalue weighted by molar-refractivity contribution is 6.01. The van der Waals surface area contributed by atoms with Crippen LogP contribution >= 0.6 is 0 Å². The Hall–Kier alpha value is -13.0. The third-order valence-electron chi connectivity index (χ3n) is 24.3. The van der Waals surface area contributed by atoms with Gasteiger partial charge in [0.1, 0.15) is 47.5 Å². The number of ether oxygens (including phenoxy) is 1. The van der Waals surface area contributed by atoms with E-state index in [1.165, 1.54) is 78.5 Å². The van der Waals surface area contributed by atoms with Crippen molar-refractivity contribution in [2.24, 2.45) is 35.5 Å². The van der Waals surface area contributed by atoms with Crippen molar-refractivity contribution in [2.45, 2.75) is 209 Å². The normalized spacial score (nSPS) is 26.7. The maximum Gasteiger partial charge on any atom is 0.312 e. The van der Waals surface area contributed by atoms with Crippen LogP contribution in [0.1, 0.15) is 147 Å². The van der Waals surface area contributed by atoms with Crippen molar-refractivity contribution in [1.82, 2.24) is 73.0 Å². The number of pyridine rings is 3. The van der Waals surface area contributed by atoms with Crippen LogP contribution in [-0.2, 0) is 67.2 Å². The fourth-order valence-corrected chi connectivity index (χ4v) is 15.7. The van der Waals surface area contributed by atoms with E-state index in [-0.39, 0.29) is 11.8 Å². The maximum atomic E-state index is 14.7. The van der Waals surface area contributed by atoms with Crippen molar-refractivity contribution in [1.29, 1.82) is 0 Å². The summed E-state index contributed by atoms with van der Waals surface area (Å²) in [5, 5.41) is 87.5. The second-order valence-corrected chi connectivity index (χ2v) is 33.1. The standard InChI is InChI=1S/C29H32F5N5O6.C28H30F5N5O6.C28H29F5N4O7/c1-11-25(41)15(10-14-17(30)19(32)21(34)20(33)18(14)31)37-26(42)22(38-27(43)23-16(40)8-5-9-35-23)12(2)36-28(44)24(13-6-4-7-13)39(3)29(11)45;1-10-24(40)14(9-13-16(29)18(31)20(33)19(32)17(13)30)36-26(42)21(37-28(44)23-15(39)7-4-8-34-23)11(2)35-27(43)22(38-25(10)41)12-5-3-6-12;1-10-23(39)14(9-13-16(29)18(31)20(33)19(32)17(13)30)36-25(40)21(37-26(41)22-15(38)7-4-8-34-22)11(2)35-27(42)24(44-28(10)43)12-5-3-6-12/h5,8-9,11-13,15,22,24-25,40-41H,4,6-7,10H2,1-3H3,(H,36,44)(H,37,42)(H,38,43);4,7-8,10-12,14,21-22,24,39-40H,3,5-6,9H2,1-2H3,(H,35,43)(H,36,42)(H,37,44)(H,38,41);4,7-8,10-12,14,21,23-24,38-39H,3,5-6,9H2,1-2H3,(H,35,42)(H,36,40)(H,37,41)/t11-,12-,15+,22+,24?,25+;10-,11-,14+,21+,22?,24+;10-,11-,14+,21+,23+,24?/m111/s1. The molecule has 3 aliphatic carbocycles. The molecule has 0 radical (unpaired) electrons. The number of aromatic hydroxyl groups is 3. The number of aliphatic hydroxyl groups is 3. The summed E-state index contributed by atoms with van der Waals surface area (Å²) in [5.41, 5.74) is -5.58. The Morgan fingerprint density at radius 2 is 0.669 bits per heavy atom. The van der Waals surface area contributed by atoms with Crippen LogP contribution in [0.15, 0.2) is 55.0 Å². The van der Waals surface area contributed by atoms with Gasteiger partial charge in [0.15, 0.2) is 93.0 Å². The summed E-state index contributed by atoms with van der Waals surface area (Å²) in [7, 11) is 1.32. The maximum absolute atomic E-state index is 14.7. The zero-order valence-electron chi connectivity index (χ0n) is 71.3. The lowest BCUT2D eigenvalue weighted by Gasteiger charge is -2.41. The lowest BCUT2D eigenvalue weighted by Crippen LogP contribution is -2.65. The summed E-state index contributed by atoms with van der Waals surface area (Å²) < 4.78 is 218. The molecule has 16 N–H and O–H groups in total. The van der Waals surface area contributed by atoms with E-state index in [9.17, 15) is 154 Å². The Labute approximate surface area is 745 Å². The zero-order valence-corrected chi connectivity index (χ0v) is 71.3. The molecule has 3 unspecified atom stereocenters. The zero-order chi connectivity index (χ0) is 98.2. The van der Waals surface area contributed by atoms with E-state index in [0.29, 0.717) is 38.5 Å². The first kappa shape index (κ1) is 102. The summed E-state index contributed by atoms with van der Waals surface area (Å²) >= 11 is 0. The quantitative estimate of drug-likeness (QED) is 0.0298. The van der Waals surface area contributed by atoms with Crippen molar-refractivity contribution in [3.05, 3.63) is 176 Å². The molecule has 6 heterocycles. The molecular formula is C85H91F15N14O19. The van der Waals surface area contributed by atoms with Crippen LogP contribution in [0.4, 0.5) is 65.9 Å². The number of halogens is 15. The Balaban J connectivity index is 0.000000207. The molecule has 18 atom stereocenters. The van der Waals surface area contributed by atoms with Crippen molar-refractivity contribution in [3.8, 4) is 17.2 Å². The van der Waals surface area contributed by atoms with Crippen LogP contribution in [0.25, 0.3) is 0 Å². The van der Waals surface area contributed by atoms with Gasteiger partial charge < -0.3 is 93.4 Å². The topological polar surface area (TPSA) is 498 Å². The number of hydrogen-bond acceptors (Lipinski definition) is 22. The lowest BCUT2D eigenvalue weighted by atomic mass is 9.78. The summed E-state index contributed by atoms with van der Waals surface area (Å²) in [4.78, 5) is 172. The predicted molar refractivity (Wildman–Crippen MR) is 426 cm³/mol. The first-order valence-electron chi connectivity index (χ1n) is 41.6. The number of benzene rings is 3. The van der Waals surface area contributed by atoms with Crippen LogP contribution in [0.5, 0.6) is 17.2 Å². The molecule has 6 aromatic rings. The highest BCUT2D eigenvalue weighted by atomic mass is 19.2. The van der Waals surface area contributed by atoms with Gasteiger partial charge >= 0.3 is 5.97 Å². The SMILES string of the molecule is C[C@H]1NC(=O)C(C2CCC2)N(C)C(=O)[C@H](C)[C@H](O)[C@H](Cc2c(F)c(F)c(F)c(F)c2F)NC(=O)[C@H]1NC(=O)c1ncccc1O.C[C@H]1NC(=O)C(C2CCC2)NC(=O)[C@H](C)[C@H](O)[C@H](Cc2c(F)c(F)c(F)c(F)c2F)NC(=O)[C@H]1NC(=O)c1ncccc1O.C[C@H]1NC(=O)C(C2CCC2)OC(=O)[C@H](C)[C@H](O)[C@H](Cc2c(F)c(F)c(F)c(F)c2F)NC(=O)[C@H]1NC(=O)c1ncccc1O. The number of aliphatic hydroxyl groups excluding tert-OH is 3. The van der Waals surface area contributed by atoms with Crippen molar-refractivity contribution < 1.29 is 159 Å². The van der Waals surface area contributed by atoms with E-state index in [1.54, 1.807) is 0 Å². The molecule has 6 aliphatic rings. The molecule has 48 heteroatoms. The highest BCUT2D eigenvalue weighted by Crippen LogP contribution is 2.38. The Morgan fingerprint density at radius 3 is 0.977 bits per heavy atom. The number of amides is 11. The monoisotopic (exact) mass is 1900 g/mol. The fourth-order valence-electron chi connectivity index (χ4n) is 15.7. The molecule has 0 spiro atoms. The van der Waals surface area contributed by atoms with Gasteiger partial charge in [-0.2, -0.15) is 0 Å². The minimum atomic E-state index is -2.42. The van der Waals surface area contributed by atoms with E-state index in [1.807, 2.05) is 0 Å². The number of hydrogen-bond donors (Lipinski definition) is 16. The van der Waals surface area contributed by atoms with Gasteiger partial charge in [-0.15, -0.1) is 0 Å². The number of esters is 1. The van der Waals surface area contributed by atoms with Gasteiger partial charge in [0.05, 0.1) is 72.3 Å². The molecule has 3 aliphatic heterocycles. The molecular weight excluding hydrogens is 1810 g/mol. The minimum Gasteiger partial charge on any atom is -0.505 e. The number of carbonyl (C=O) groups is 12. The second-order valence-electron chi connectivity index (χ2n) is 33.1. The minimum absolute atomic E-state index is 0.282. The smallest absolute Gasteiger partial charge is 0.312 e. The summed E-state index contributed by atoms with van der Waals surface area (Å²) in [6, 6.07) is -9.14. The lowest BCUT2D eigenvalue weighted by molar-refractivity contribution is -0.169. The Morgan fingerprint density at radius 1 is 0.376 bits per heavy atom. The van der Waals surface area contributed by atoms with E-state index >= 15 is 0 Å². The fraction of sp³-hybridized carbons (Fsp3) is 0.471. The number of nitrogens with one attached hydrogen (secondary N) is 10. The average molecular weight is 1900 g/mol. The molecule has 33 nitrogen and oxygen atoms in total. The van der Waals surface area contributed by atoms with Crippen LogP contribution in [-0.4, -0.2) is 219 Å². The molecule has 3 saturated carbocycles. The summed E-state index contributed by atoms with van der Waals surface area (Å²) in [6.45, 7) is 7.48. The van der Waals surface area contributed by atoms with Gasteiger partial charge in [-0.1, -0.05) is 33.1 Å². The van der Waals surface area contributed by atoms with Gasteiger partial charge in [-0.05, 0) is 114 Å². The van der Waals surface area contributed by atoms with Crippen LogP contribution in [0, 0.1) is 123 Å². The largest absolute Gasteiger partial charge is 0.505 e. The molecule has 6 fully saturated rings. The van der Waals surface area contributed by atoms with Crippen LogP contribution < -0.4 is 53.2 Å². The Bertz CT molecular complexity index is 5190. The second kappa shape index (κ2) is 43.1. The first-order valence-corrected chi connectivity index (χ1v) is 41.6. The van der Waals surface area contributed by atoms with Crippen molar-refractivity contribution in [2.75, 3.05) is 7.05 Å². The van der Waals surface area contributed by atoms with Gasteiger partial charge in [-0.25, -0.2) is 80.8 Å². The average Bonchev–Trinajstić information content (AvgIpc) is 0.776. The third kappa shape index (κ3) is 22.3. The van der Waals surface area contributed by atoms with Gasteiger partial charge in [-0.3, -0.25) is 57.5 Å². The van der Waals surface area contributed by atoms with Crippen LogP contribution in [0.2, 0.25) is 0 Å². The van der Waals surface area contributed by atoms with E-state index in [2.05, 4.69) is 68.1 Å². The highest BCUT2D eigenvalue weighted by Gasteiger charge is 2.49. The number of aromatic nitrogens is 3. The molecule has 11 amide bonds. The molecule has 3 aromatic heterocycles. The first-order chi connectivity index (χ1) is 62.6. The van der Waals surface area contributed by atoms with Gasteiger partial charge in [0.2, 0.25) is 58.8 Å². The Kier molecular flexibility index (Phi) is 33.1. The van der Waals surface area contributed by atoms with E-state index in [4.69, 9.17) is 4.74 Å². The van der Waals surface area contributed by atoms with Crippen LogP contribution in [0.3, 0.4) is 0 Å². The molecule has 12 rings (SSSR count). The number of rotatable bonds is 15. The molecule has 133 heavy (non-hydrogen) atoms. The summed E-state index contributed by atoms with van der Waals surface area (Å²) in [6.07, 6.45) is -1.68.